The molecule has 0 aliphatic carbocycles. The molecule has 1 rings (SSSR count). The van der Waals surface area contributed by atoms with E-state index in [1.54, 1.807) is 0 Å². The summed E-state index contributed by atoms with van der Waals surface area (Å²) in [6.45, 7) is 14.9. The Hall–Kier alpha value is -1.14. The van der Waals surface area contributed by atoms with Crippen LogP contribution in [0.5, 0.6) is 0 Å². The van der Waals surface area contributed by atoms with Crippen LogP contribution in [0.3, 0.4) is 0 Å². The lowest BCUT2D eigenvalue weighted by molar-refractivity contribution is 0.0640. The van der Waals surface area contributed by atoms with Gasteiger partial charge < -0.3 is 19.1 Å². The number of ether oxygens (including phenoxy) is 3. The molecule has 1 saturated heterocycles. The Balaban J connectivity index is 2.60. The molecule has 1 atom stereocenters. The molecule has 1 amide bonds. The van der Waals surface area contributed by atoms with Crippen LogP contribution in [-0.2, 0) is 14.2 Å². The fourth-order valence-electron chi connectivity index (χ4n) is 2.60. The van der Waals surface area contributed by atoms with Gasteiger partial charge in [-0.05, 0) is 25.7 Å². The molecule has 1 aliphatic rings. The van der Waals surface area contributed by atoms with Crippen LogP contribution in [0.1, 0.15) is 47.5 Å². The van der Waals surface area contributed by atoms with Gasteiger partial charge in [0, 0.05) is 31.7 Å². The molecular formula is C18H34N2O4. The van der Waals surface area contributed by atoms with Gasteiger partial charge in [-0.1, -0.05) is 27.7 Å². The first-order chi connectivity index (χ1) is 11.4. The summed E-state index contributed by atoms with van der Waals surface area (Å²) in [5, 5.41) is 0. The number of amidine groups is 1. The number of morpholine rings is 1. The third-order valence-electron chi connectivity index (χ3n) is 4.07. The Morgan fingerprint density at radius 3 is 2.46 bits per heavy atom. The topological polar surface area (TPSA) is 60.4 Å². The van der Waals surface area contributed by atoms with E-state index in [1.807, 2.05) is 6.92 Å². The molecule has 0 saturated carbocycles. The molecule has 24 heavy (non-hydrogen) atoms. The lowest BCUT2D eigenvalue weighted by Gasteiger charge is -2.35. The lowest BCUT2D eigenvalue weighted by Crippen LogP contribution is -2.46. The van der Waals surface area contributed by atoms with Crippen LogP contribution in [-0.4, -0.2) is 63.0 Å². The number of nitrogens with zero attached hydrogens (tertiary/aromatic N) is 2. The van der Waals surface area contributed by atoms with Gasteiger partial charge in [-0.2, -0.15) is 4.99 Å². The molecule has 6 nitrogen and oxygen atoms in total. The van der Waals surface area contributed by atoms with Crippen LogP contribution in [0, 0.1) is 11.3 Å². The first-order valence-corrected chi connectivity index (χ1v) is 9.04. The number of amides is 1. The van der Waals surface area contributed by atoms with E-state index >= 15 is 0 Å². The smallest absolute Gasteiger partial charge is 0.435 e. The molecule has 0 aromatic carbocycles. The van der Waals surface area contributed by atoms with Crippen LogP contribution >= 0.6 is 0 Å². The maximum atomic E-state index is 12.2. The summed E-state index contributed by atoms with van der Waals surface area (Å²) in [4.78, 5) is 18.6. The Morgan fingerprint density at radius 1 is 1.25 bits per heavy atom. The number of rotatable bonds is 7. The summed E-state index contributed by atoms with van der Waals surface area (Å²) in [7, 11) is 0. The Kier molecular flexibility index (Phi) is 9.29. The van der Waals surface area contributed by atoms with Gasteiger partial charge in [0.2, 0.25) is 0 Å². The second-order valence-electron chi connectivity index (χ2n) is 7.12. The molecule has 0 radical (unpaired) electrons. The zero-order valence-electron chi connectivity index (χ0n) is 16.0. The van der Waals surface area contributed by atoms with Crippen molar-refractivity contribution in [2.75, 3.05) is 46.1 Å². The molecule has 140 valence electrons. The highest BCUT2D eigenvalue weighted by molar-refractivity contribution is 5.95. The standard InChI is InChI=1S/C18H34N2O4/c1-6-15(8-11-22-7-2)14-24-17(21)19-16(18(3,4)5)20-9-12-23-13-10-20/h15H,6-14H2,1-5H3/b19-16-. The second-order valence-corrected chi connectivity index (χ2v) is 7.12. The molecule has 0 bridgehead atoms. The molecule has 6 heteroatoms. The van der Waals surface area contributed by atoms with Gasteiger partial charge in [-0.15, -0.1) is 0 Å². The summed E-state index contributed by atoms with van der Waals surface area (Å²) < 4.78 is 16.2. The summed E-state index contributed by atoms with van der Waals surface area (Å²) in [5.41, 5.74) is -0.213. The van der Waals surface area contributed by atoms with Crippen LogP contribution in [0.2, 0.25) is 0 Å². The quantitative estimate of drug-likeness (QED) is 0.403. The van der Waals surface area contributed by atoms with Crippen molar-refractivity contribution < 1.29 is 19.0 Å². The van der Waals surface area contributed by atoms with Crippen LogP contribution in [0.4, 0.5) is 4.79 Å². The number of aliphatic imine (C=N–C) groups is 1. The maximum Gasteiger partial charge on any atom is 0.435 e. The van der Waals surface area contributed by atoms with Gasteiger partial charge in [0.25, 0.3) is 0 Å². The van der Waals surface area contributed by atoms with Crippen molar-refractivity contribution >= 4 is 11.9 Å². The molecular weight excluding hydrogens is 308 g/mol. The number of carbonyl (C=O) groups is 1. The van der Waals surface area contributed by atoms with Crippen molar-refractivity contribution in [1.29, 1.82) is 0 Å². The van der Waals surface area contributed by atoms with E-state index in [9.17, 15) is 4.79 Å². The highest BCUT2D eigenvalue weighted by Crippen LogP contribution is 2.21. The van der Waals surface area contributed by atoms with Gasteiger partial charge in [-0.3, -0.25) is 0 Å². The highest BCUT2D eigenvalue weighted by Gasteiger charge is 2.27. The molecule has 0 spiro atoms. The summed E-state index contributed by atoms with van der Waals surface area (Å²) in [5.74, 6) is 1.09. The van der Waals surface area contributed by atoms with Gasteiger partial charge in [-0.25, -0.2) is 4.79 Å². The molecule has 1 aliphatic heterocycles. The lowest BCUT2D eigenvalue weighted by atomic mass is 9.93. The van der Waals surface area contributed by atoms with Crippen molar-refractivity contribution in [3.8, 4) is 0 Å². The fraction of sp³-hybridized carbons (Fsp3) is 0.889. The van der Waals surface area contributed by atoms with E-state index in [-0.39, 0.29) is 5.41 Å². The maximum absolute atomic E-state index is 12.2. The zero-order valence-corrected chi connectivity index (χ0v) is 16.0. The Labute approximate surface area is 146 Å². The average molecular weight is 342 g/mol. The Bertz CT molecular complexity index is 398. The first kappa shape index (κ1) is 20.9. The molecule has 0 aromatic heterocycles. The minimum atomic E-state index is -0.499. The predicted octanol–water partition coefficient (Wildman–Crippen LogP) is 3.35. The zero-order chi connectivity index (χ0) is 18.0. The van der Waals surface area contributed by atoms with Crippen molar-refractivity contribution in [3.05, 3.63) is 0 Å². The number of carbonyl (C=O) groups excluding carboxylic acids is 1. The summed E-state index contributed by atoms with van der Waals surface area (Å²) in [6, 6.07) is 0. The van der Waals surface area contributed by atoms with Crippen LogP contribution < -0.4 is 0 Å². The fourth-order valence-corrected chi connectivity index (χ4v) is 2.60. The number of hydrogen-bond acceptors (Lipinski definition) is 4. The van der Waals surface area contributed by atoms with Gasteiger partial charge in [0.15, 0.2) is 0 Å². The van der Waals surface area contributed by atoms with E-state index in [2.05, 4.69) is 37.6 Å². The highest BCUT2D eigenvalue weighted by atomic mass is 16.5. The molecule has 1 heterocycles. The van der Waals surface area contributed by atoms with Crippen molar-refractivity contribution in [3.63, 3.8) is 0 Å². The molecule has 1 unspecified atom stereocenters. The minimum absolute atomic E-state index is 0.213. The monoisotopic (exact) mass is 342 g/mol. The largest absolute Gasteiger partial charge is 0.448 e. The third kappa shape index (κ3) is 7.62. The SMILES string of the molecule is CCOCCC(CC)COC(=O)/N=C(\N1CCOCC1)C(C)(C)C. The van der Waals surface area contributed by atoms with Crippen molar-refractivity contribution in [2.45, 2.75) is 47.5 Å². The van der Waals surface area contributed by atoms with E-state index in [0.29, 0.717) is 32.3 Å². The third-order valence-corrected chi connectivity index (χ3v) is 4.07. The second kappa shape index (κ2) is 10.7. The van der Waals surface area contributed by atoms with Crippen LogP contribution in [0.25, 0.3) is 0 Å². The van der Waals surface area contributed by atoms with E-state index in [4.69, 9.17) is 14.2 Å². The van der Waals surface area contributed by atoms with Gasteiger partial charge in [0.05, 0.1) is 19.8 Å². The van der Waals surface area contributed by atoms with E-state index in [1.165, 1.54) is 0 Å². The minimum Gasteiger partial charge on any atom is -0.448 e. The normalized spacial score (nSPS) is 17.7. The summed E-state index contributed by atoms with van der Waals surface area (Å²) >= 11 is 0. The van der Waals surface area contributed by atoms with Crippen LogP contribution in [0.15, 0.2) is 4.99 Å². The molecule has 1 fully saturated rings. The van der Waals surface area contributed by atoms with Crippen molar-refractivity contribution in [1.82, 2.24) is 4.90 Å². The summed E-state index contributed by atoms with van der Waals surface area (Å²) in [6.07, 6.45) is 1.36. The van der Waals surface area contributed by atoms with Crippen molar-refractivity contribution in [2.24, 2.45) is 16.3 Å². The average Bonchev–Trinajstić information content (AvgIpc) is 2.55. The molecule has 0 aromatic rings. The first-order valence-electron chi connectivity index (χ1n) is 9.04. The van der Waals surface area contributed by atoms with Gasteiger partial charge >= 0.3 is 6.09 Å². The molecule has 0 N–H and O–H groups in total. The van der Waals surface area contributed by atoms with Gasteiger partial charge in [0.1, 0.15) is 5.84 Å². The predicted molar refractivity (Wildman–Crippen MR) is 95.5 cm³/mol. The Morgan fingerprint density at radius 2 is 1.92 bits per heavy atom. The number of hydrogen-bond donors (Lipinski definition) is 0. The van der Waals surface area contributed by atoms with E-state index in [0.717, 1.165) is 38.4 Å². The van der Waals surface area contributed by atoms with E-state index < -0.39 is 6.09 Å².